The average molecular weight is 379 g/mol. The predicted octanol–water partition coefficient (Wildman–Crippen LogP) is 6.51. The van der Waals surface area contributed by atoms with Crippen LogP contribution in [-0.2, 0) is 5.92 Å². The Hall–Kier alpha value is -3.13. The molecule has 0 bridgehead atoms. The minimum atomic E-state index is -2.98. The molecule has 2 rings (SSSR count). The SMILES string of the molecule is C#C/C(C)=C(/N=NCC)c1cc(C)cc(/C=C/c2cccc(C(C)(F)F)n2)c1. The first-order chi connectivity index (χ1) is 13.2. The van der Waals surface area contributed by atoms with Crippen molar-refractivity contribution in [1.82, 2.24) is 4.98 Å². The molecular formula is C23H23F2N3. The molecule has 2 aromatic rings. The van der Waals surface area contributed by atoms with E-state index < -0.39 is 5.92 Å². The van der Waals surface area contributed by atoms with Gasteiger partial charge in [-0.05, 0) is 62.2 Å². The number of alkyl halides is 2. The Bertz CT molecular complexity index is 974. The Morgan fingerprint density at radius 3 is 2.64 bits per heavy atom. The first-order valence-electron chi connectivity index (χ1n) is 8.95. The highest BCUT2D eigenvalue weighted by atomic mass is 19.3. The van der Waals surface area contributed by atoms with Crippen molar-refractivity contribution in [3.8, 4) is 12.3 Å². The molecule has 0 aliphatic rings. The van der Waals surface area contributed by atoms with Crippen molar-refractivity contribution in [2.45, 2.75) is 33.6 Å². The maximum Gasteiger partial charge on any atom is 0.286 e. The molecule has 28 heavy (non-hydrogen) atoms. The van der Waals surface area contributed by atoms with Gasteiger partial charge in [-0.1, -0.05) is 24.1 Å². The van der Waals surface area contributed by atoms with Crippen molar-refractivity contribution < 1.29 is 8.78 Å². The zero-order chi connectivity index (χ0) is 20.7. The van der Waals surface area contributed by atoms with Crippen LogP contribution >= 0.6 is 0 Å². The quantitative estimate of drug-likeness (QED) is 0.416. The summed E-state index contributed by atoms with van der Waals surface area (Å²) in [5.74, 6) is -0.359. The molecule has 0 aliphatic heterocycles. The fraction of sp³-hybridized carbons (Fsp3) is 0.261. The van der Waals surface area contributed by atoms with Crippen LogP contribution in [0.1, 0.15) is 48.8 Å². The third-order valence-electron chi connectivity index (χ3n) is 3.92. The van der Waals surface area contributed by atoms with Gasteiger partial charge in [-0.3, -0.25) is 0 Å². The highest BCUT2D eigenvalue weighted by molar-refractivity contribution is 5.75. The molecule has 1 aromatic carbocycles. The van der Waals surface area contributed by atoms with Crippen LogP contribution in [0, 0.1) is 19.3 Å². The smallest absolute Gasteiger partial charge is 0.247 e. The van der Waals surface area contributed by atoms with Crippen molar-refractivity contribution in [1.29, 1.82) is 0 Å². The largest absolute Gasteiger partial charge is 0.286 e. The second-order valence-electron chi connectivity index (χ2n) is 6.48. The first-order valence-corrected chi connectivity index (χ1v) is 8.95. The Kier molecular flexibility index (Phi) is 6.94. The highest BCUT2D eigenvalue weighted by Crippen LogP contribution is 2.26. The Balaban J connectivity index is 2.42. The summed E-state index contributed by atoms with van der Waals surface area (Å²) >= 11 is 0. The van der Waals surface area contributed by atoms with Crippen LogP contribution in [0.25, 0.3) is 17.8 Å². The molecule has 0 amide bonds. The molecule has 1 heterocycles. The normalized spacial score (nSPS) is 13.0. The fourth-order valence-electron chi connectivity index (χ4n) is 2.58. The standard InChI is InChI=1S/C23H23F2N3/c1-6-17(4)22(28-26-7-2)19-14-16(3)13-18(15-19)11-12-20-9-8-10-21(27-20)23(5,24)25/h1,8-15H,7H2,2-5H3/b12-11+,22-17+,28-26?. The van der Waals surface area contributed by atoms with Crippen molar-refractivity contribution in [2.24, 2.45) is 10.2 Å². The number of benzene rings is 1. The van der Waals surface area contributed by atoms with Gasteiger partial charge in [0, 0.05) is 18.1 Å². The molecule has 0 aliphatic carbocycles. The molecule has 3 nitrogen and oxygen atoms in total. The number of allylic oxidation sites excluding steroid dienone is 1. The lowest BCUT2D eigenvalue weighted by atomic mass is 10.0. The Morgan fingerprint density at radius 2 is 2.00 bits per heavy atom. The zero-order valence-corrected chi connectivity index (χ0v) is 16.5. The van der Waals surface area contributed by atoms with Gasteiger partial charge in [0.2, 0.25) is 0 Å². The van der Waals surface area contributed by atoms with Crippen molar-refractivity contribution in [3.05, 3.63) is 70.0 Å². The number of halogens is 2. The molecule has 0 saturated heterocycles. The highest BCUT2D eigenvalue weighted by Gasteiger charge is 2.25. The van der Waals surface area contributed by atoms with Gasteiger partial charge in [-0.2, -0.15) is 19.0 Å². The number of nitrogens with zero attached hydrogens (tertiary/aromatic N) is 3. The van der Waals surface area contributed by atoms with Gasteiger partial charge >= 0.3 is 0 Å². The summed E-state index contributed by atoms with van der Waals surface area (Å²) < 4.78 is 27.0. The van der Waals surface area contributed by atoms with Crippen LogP contribution in [-0.4, -0.2) is 11.5 Å². The van der Waals surface area contributed by atoms with Crippen LogP contribution in [0.3, 0.4) is 0 Å². The second-order valence-corrected chi connectivity index (χ2v) is 6.48. The van der Waals surface area contributed by atoms with E-state index in [1.54, 1.807) is 18.2 Å². The molecule has 0 fully saturated rings. The molecule has 144 valence electrons. The van der Waals surface area contributed by atoms with Crippen LogP contribution in [0.2, 0.25) is 0 Å². The number of azo groups is 1. The van der Waals surface area contributed by atoms with E-state index >= 15 is 0 Å². The monoisotopic (exact) mass is 379 g/mol. The van der Waals surface area contributed by atoms with E-state index in [0.717, 1.165) is 23.6 Å². The van der Waals surface area contributed by atoms with Gasteiger partial charge in [0.25, 0.3) is 5.92 Å². The van der Waals surface area contributed by atoms with Crippen LogP contribution in [0.15, 0.2) is 52.2 Å². The summed E-state index contributed by atoms with van der Waals surface area (Å²) in [6.45, 7) is 7.09. The van der Waals surface area contributed by atoms with Gasteiger partial charge < -0.3 is 0 Å². The predicted molar refractivity (Wildman–Crippen MR) is 111 cm³/mol. The molecule has 0 saturated carbocycles. The molecule has 0 spiro atoms. The summed E-state index contributed by atoms with van der Waals surface area (Å²) in [5.41, 5.74) is 4.31. The molecule has 5 heteroatoms. The minimum absolute atomic E-state index is 0.255. The molecule has 0 radical (unpaired) electrons. The second kappa shape index (κ2) is 9.18. The number of hydrogen-bond acceptors (Lipinski definition) is 3. The van der Waals surface area contributed by atoms with Gasteiger partial charge in [0.15, 0.2) is 0 Å². The van der Waals surface area contributed by atoms with Crippen LogP contribution in [0.5, 0.6) is 0 Å². The number of aryl methyl sites for hydroxylation is 1. The summed E-state index contributed by atoms with van der Waals surface area (Å²) in [6.07, 6.45) is 9.09. The van der Waals surface area contributed by atoms with Crippen molar-refractivity contribution in [3.63, 3.8) is 0 Å². The van der Waals surface area contributed by atoms with Gasteiger partial charge in [-0.25, -0.2) is 4.98 Å². The lowest BCUT2D eigenvalue weighted by Crippen LogP contribution is -2.09. The van der Waals surface area contributed by atoms with E-state index in [4.69, 9.17) is 6.42 Å². The Morgan fingerprint density at radius 1 is 1.25 bits per heavy atom. The average Bonchev–Trinajstić information content (AvgIpc) is 2.65. The van der Waals surface area contributed by atoms with Crippen molar-refractivity contribution in [2.75, 3.05) is 6.54 Å². The van der Waals surface area contributed by atoms with E-state index in [-0.39, 0.29) is 5.69 Å². The lowest BCUT2D eigenvalue weighted by Gasteiger charge is -2.09. The molecule has 0 N–H and O–H groups in total. The van der Waals surface area contributed by atoms with Crippen LogP contribution in [0.4, 0.5) is 8.78 Å². The van der Waals surface area contributed by atoms with E-state index in [2.05, 4.69) is 21.1 Å². The van der Waals surface area contributed by atoms with Crippen LogP contribution < -0.4 is 0 Å². The third-order valence-corrected chi connectivity index (χ3v) is 3.92. The minimum Gasteiger partial charge on any atom is -0.247 e. The number of aromatic nitrogens is 1. The number of hydrogen-bond donors (Lipinski definition) is 0. The number of pyridine rings is 1. The maximum absolute atomic E-state index is 13.5. The van der Waals surface area contributed by atoms with E-state index in [9.17, 15) is 8.78 Å². The summed E-state index contributed by atoms with van der Waals surface area (Å²) in [4.78, 5) is 4.01. The topological polar surface area (TPSA) is 37.6 Å². The zero-order valence-electron chi connectivity index (χ0n) is 16.5. The summed E-state index contributed by atoms with van der Waals surface area (Å²) in [5, 5.41) is 8.34. The molecular weight excluding hydrogens is 356 g/mol. The maximum atomic E-state index is 13.5. The Labute approximate surface area is 164 Å². The van der Waals surface area contributed by atoms with Gasteiger partial charge in [-0.15, -0.1) is 6.42 Å². The van der Waals surface area contributed by atoms with E-state index in [1.165, 1.54) is 6.07 Å². The molecule has 1 aromatic heterocycles. The molecule has 0 unspecified atom stereocenters. The number of rotatable bonds is 6. The van der Waals surface area contributed by atoms with Gasteiger partial charge in [0.05, 0.1) is 12.2 Å². The lowest BCUT2D eigenvalue weighted by molar-refractivity contribution is 0.0127. The summed E-state index contributed by atoms with van der Waals surface area (Å²) in [7, 11) is 0. The van der Waals surface area contributed by atoms with E-state index in [0.29, 0.717) is 23.5 Å². The fourth-order valence-corrected chi connectivity index (χ4v) is 2.58. The first kappa shape index (κ1) is 21.2. The number of terminal acetylenes is 1. The van der Waals surface area contributed by atoms with E-state index in [1.807, 2.05) is 45.0 Å². The van der Waals surface area contributed by atoms with Gasteiger partial charge in [0.1, 0.15) is 11.4 Å². The molecule has 0 atom stereocenters. The summed E-state index contributed by atoms with van der Waals surface area (Å²) in [6, 6.07) is 10.5. The third kappa shape index (κ3) is 5.68. The van der Waals surface area contributed by atoms with Crippen molar-refractivity contribution >= 4 is 17.8 Å².